The minimum absolute atomic E-state index is 0.722. The van der Waals surface area contributed by atoms with Crippen LogP contribution in [0.25, 0.3) is 0 Å². The van der Waals surface area contributed by atoms with Gasteiger partial charge in [0.1, 0.15) is 6.29 Å². The van der Waals surface area contributed by atoms with Crippen LogP contribution >= 0.6 is 0 Å². The molecule has 0 radical (unpaired) electrons. The van der Waals surface area contributed by atoms with Gasteiger partial charge in [0, 0.05) is 31.5 Å². The van der Waals surface area contributed by atoms with Crippen molar-refractivity contribution in [3.63, 3.8) is 0 Å². The average molecular weight is 221 g/mol. The molecule has 0 saturated carbocycles. The first-order chi connectivity index (χ1) is 7.69. The first-order valence-corrected chi connectivity index (χ1v) is 5.53. The molecule has 16 heavy (non-hydrogen) atoms. The van der Waals surface area contributed by atoms with Crippen molar-refractivity contribution in [2.24, 2.45) is 0 Å². The molecule has 0 aliphatic rings. The van der Waals surface area contributed by atoms with Crippen molar-refractivity contribution in [1.82, 2.24) is 0 Å². The van der Waals surface area contributed by atoms with Gasteiger partial charge in [0.25, 0.3) is 0 Å². The normalized spacial score (nSPS) is 10.2. The predicted molar refractivity (Wildman–Crippen MR) is 66.3 cm³/mol. The number of rotatable bonds is 6. The molecular weight excluding hydrogens is 202 g/mol. The summed E-state index contributed by atoms with van der Waals surface area (Å²) in [5, 5.41) is 0. The lowest BCUT2D eigenvalue weighted by atomic mass is 10.1. The first kappa shape index (κ1) is 12.7. The van der Waals surface area contributed by atoms with E-state index >= 15 is 0 Å². The van der Waals surface area contributed by atoms with Gasteiger partial charge in [0.2, 0.25) is 0 Å². The van der Waals surface area contributed by atoms with Gasteiger partial charge in [-0.15, -0.1) is 0 Å². The Morgan fingerprint density at radius 1 is 1.44 bits per heavy atom. The van der Waals surface area contributed by atoms with E-state index in [-0.39, 0.29) is 0 Å². The summed E-state index contributed by atoms with van der Waals surface area (Å²) in [7, 11) is 2.03. The molecule has 0 N–H and O–H groups in total. The number of aryl methyl sites for hydroxylation is 1. The van der Waals surface area contributed by atoms with E-state index in [1.54, 1.807) is 0 Å². The van der Waals surface area contributed by atoms with Crippen LogP contribution in [-0.2, 0) is 4.74 Å². The molecule has 0 aliphatic carbocycles. The summed E-state index contributed by atoms with van der Waals surface area (Å²) in [6.45, 7) is 6.33. The number of nitrogens with zero attached hydrogens (tertiary/aromatic N) is 1. The monoisotopic (exact) mass is 221 g/mol. The molecule has 1 aromatic rings. The fourth-order valence-electron chi connectivity index (χ4n) is 1.65. The number of benzene rings is 1. The van der Waals surface area contributed by atoms with Gasteiger partial charge in [-0.25, -0.2) is 0 Å². The lowest BCUT2D eigenvalue weighted by molar-refractivity contribution is 0.112. The molecule has 0 heterocycles. The number of carbonyl (C=O) groups is 1. The number of hydrogen-bond donors (Lipinski definition) is 0. The number of hydrogen-bond acceptors (Lipinski definition) is 3. The van der Waals surface area contributed by atoms with Crippen LogP contribution < -0.4 is 4.90 Å². The highest BCUT2D eigenvalue weighted by atomic mass is 16.5. The molecule has 1 aromatic carbocycles. The molecule has 0 amide bonds. The molecule has 0 aliphatic heterocycles. The molecule has 3 nitrogen and oxygen atoms in total. The van der Waals surface area contributed by atoms with Crippen molar-refractivity contribution >= 4 is 12.0 Å². The molecule has 3 heteroatoms. The number of aldehydes is 1. The lowest BCUT2D eigenvalue weighted by Crippen LogP contribution is -2.23. The van der Waals surface area contributed by atoms with E-state index in [1.165, 1.54) is 0 Å². The van der Waals surface area contributed by atoms with E-state index in [2.05, 4.69) is 4.90 Å². The number of likely N-dealkylation sites (N-methyl/N-ethyl adjacent to an activating group) is 1. The van der Waals surface area contributed by atoms with Crippen LogP contribution in [0.2, 0.25) is 0 Å². The number of ether oxygens (including phenoxy) is 1. The lowest BCUT2D eigenvalue weighted by Gasteiger charge is -2.21. The Hall–Kier alpha value is -1.35. The first-order valence-electron chi connectivity index (χ1n) is 5.53. The van der Waals surface area contributed by atoms with Gasteiger partial charge in [-0.05, 0) is 37.6 Å². The Labute approximate surface area is 97.0 Å². The van der Waals surface area contributed by atoms with Gasteiger partial charge in [-0.3, -0.25) is 4.79 Å². The van der Waals surface area contributed by atoms with Gasteiger partial charge in [-0.2, -0.15) is 0 Å². The summed E-state index contributed by atoms with van der Waals surface area (Å²) in [4.78, 5) is 12.8. The van der Waals surface area contributed by atoms with E-state index in [4.69, 9.17) is 4.74 Å². The van der Waals surface area contributed by atoms with Gasteiger partial charge in [0.15, 0.2) is 0 Å². The molecule has 0 saturated heterocycles. The van der Waals surface area contributed by atoms with E-state index < -0.39 is 0 Å². The third-order valence-electron chi connectivity index (χ3n) is 2.54. The van der Waals surface area contributed by atoms with E-state index in [0.717, 1.165) is 42.9 Å². The zero-order valence-electron chi connectivity index (χ0n) is 10.2. The zero-order chi connectivity index (χ0) is 12.0. The third-order valence-corrected chi connectivity index (χ3v) is 2.54. The van der Waals surface area contributed by atoms with Crippen LogP contribution in [0.1, 0.15) is 22.8 Å². The summed E-state index contributed by atoms with van der Waals surface area (Å²) in [6.07, 6.45) is 0.872. The second-order valence-electron chi connectivity index (χ2n) is 3.78. The standard InChI is InChI=1S/C13H19NO2/c1-4-16-8-7-14(3)13-6-5-12(10-15)9-11(13)2/h5-6,9-10H,4,7-8H2,1-3H3. The maximum absolute atomic E-state index is 10.6. The van der Waals surface area contributed by atoms with Crippen molar-refractivity contribution in [1.29, 1.82) is 0 Å². The predicted octanol–water partition coefficient (Wildman–Crippen LogP) is 2.28. The van der Waals surface area contributed by atoms with E-state index in [9.17, 15) is 4.79 Å². The highest BCUT2D eigenvalue weighted by Gasteiger charge is 2.04. The Bertz CT molecular complexity index is 350. The van der Waals surface area contributed by atoms with E-state index in [0.29, 0.717) is 0 Å². The van der Waals surface area contributed by atoms with Crippen molar-refractivity contribution in [3.8, 4) is 0 Å². The Balaban J connectivity index is 2.68. The smallest absolute Gasteiger partial charge is 0.150 e. The molecule has 0 atom stereocenters. The fourth-order valence-corrected chi connectivity index (χ4v) is 1.65. The van der Waals surface area contributed by atoms with Crippen molar-refractivity contribution in [2.45, 2.75) is 13.8 Å². The number of anilines is 1. The Kier molecular flexibility index (Phi) is 4.99. The average Bonchev–Trinajstić information content (AvgIpc) is 2.29. The molecule has 0 aromatic heterocycles. The second-order valence-corrected chi connectivity index (χ2v) is 3.78. The highest BCUT2D eigenvalue weighted by molar-refractivity contribution is 5.76. The summed E-state index contributed by atoms with van der Waals surface area (Å²) >= 11 is 0. The summed E-state index contributed by atoms with van der Waals surface area (Å²) in [6, 6.07) is 5.72. The zero-order valence-corrected chi connectivity index (χ0v) is 10.2. The molecule has 1 rings (SSSR count). The SMILES string of the molecule is CCOCCN(C)c1ccc(C=O)cc1C. The quantitative estimate of drug-likeness (QED) is 0.545. The van der Waals surface area contributed by atoms with Crippen LogP contribution in [0.3, 0.4) is 0 Å². The third kappa shape index (κ3) is 3.35. The maximum atomic E-state index is 10.6. The Morgan fingerprint density at radius 3 is 2.75 bits per heavy atom. The van der Waals surface area contributed by atoms with Crippen LogP contribution in [0.15, 0.2) is 18.2 Å². The molecule has 88 valence electrons. The second kappa shape index (κ2) is 6.28. The molecular formula is C13H19NO2. The molecule has 0 bridgehead atoms. The fraction of sp³-hybridized carbons (Fsp3) is 0.462. The minimum atomic E-state index is 0.722. The molecule has 0 spiro atoms. The Morgan fingerprint density at radius 2 is 2.19 bits per heavy atom. The number of carbonyl (C=O) groups excluding carboxylic acids is 1. The maximum Gasteiger partial charge on any atom is 0.150 e. The topological polar surface area (TPSA) is 29.5 Å². The molecule has 0 unspecified atom stereocenters. The van der Waals surface area contributed by atoms with Crippen LogP contribution in [-0.4, -0.2) is 33.1 Å². The van der Waals surface area contributed by atoms with Gasteiger partial charge in [-0.1, -0.05) is 0 Å². The van der Waals surface area contributed by atoms with Crippen LogP contribution in [0, 0.1) is 6.92 Å². The van der Waals surface area contributed by atoms with E-state index in [1.807, 2.05) is 39.1 Å². The van der Waals surface area contributed by atoms with Gasteiger partial charge < -0.3 is 9.64 Å². The van der Waals surface area contributed by atoms with Crippen LogP contribution in [0.5, 0.6) is 0 Å². The minimum Gasteiger partial charge on any atom is -0.380 e. The molecule has 0 fully saturated rings. The summed E-state index contributed by atoms with van der Waals surface area (Å²) in [5.41, 5.74) is 2.98. The van der Waals surface area contributed by atoms with Gasteiger partial charge >= 0.3 is 0 Å². The van der Waals surface area contributed by atoms with Crippen LogP contribution in [0.4, 0.5) is 5.69 Å². The summed E-state index contributed by atoms with van der Waals surface area (Å²) in [5.74, 6) is 0. The van der Waals surface area contributed by atoms with Crippen molar-refractivity contribution < 1.29 is 9.53 Å². The highest BCUT2D eigenvalue weighted by Crippen LogP contribution is 2.19. The van der Waals surface area contributed by atoms with Crippen molar-refractivity contribution in [2.75, 3.05) is 31.7 Å². The van der Waals surface area contributed by atoms with Crippen molar-refractivity contribution in [3.05, 3.63) is 29.3 Å². The largest absolute Gasteiger partial charge is 0.380 e. The van der Waals surface area contributed by atoms with Gasteiger partial charge in [0.05, 0.1) is 6.61 Å². The summed E-state index contributed by atoms with van der Waals surface area (Å²) < 4.78 is 5.31.